The summed E-state index contributed by atoms with van der Waals surface area (Å²) in [6, 6.07) is 10.3. The van der Waals surface area contributed by atoms with Gasteiger partial charge in [-0.05, 0) is 21.0 Å². The molecule has 0 atom stereocenters. The van der Waals surface area contributed by atoms with E-state index in [0.29, 0.717) is 0 Å². The van der Waals surface area contributed by atoms with Gasteiger partial charge in [0.05, 0.1) is 0 Å². The molecule has 0 fully saturated rings. The van der Waals surface area contributed by atoms with E-state index in [2.05, 4.69) is 38.2 Å². The molecule has 0 saturated heterocycles. The molecule has 0 spiro atoms. The molecular weight excluding hydrogens is 158 g/mol. The standard InChI is InChI=1S/C7H8.C3H8.C2H7N/c1-7-5-3-2-4-6-7;2*1-3-2/h2-6H,1H3;3H2,1-2H3;3H,1-2H3. The zero-order valence-electron chi connectivity index (χ0n) is 9.59. The maximum absolute atomic E-state index is 2.75. The molecule has 1 aromatic rings. The highest BCUT2D eigenvalue weighted by atomic mass is 14.7. The summed E-state index contributed by atoms with van der Waals surface area (Å²) < 4.78 is 0. The monoisotopic (exact) mass is 181 g/mol. The second-order valence-electron chi connectivity index (χ2n) is 2.86. The van der Waals surface area contributed by atoms with Gasteiger partial charge in [0.15, 0.2) is 0 Å². The number of hydrogen-bond donors (Lipinski definition) is 1. The van der Waals surface area contributed by atoms with Gasteiger partial charge in [0.2, 0.25) is 0 Å². The van der Waals surface area contributed by atoms with Crippen molar-refractivity contribution in [3.8, 4) is 0 Å². The molecule has 0 amide bonds. The first kappa shape index (κ1) is 14.7. The lowest BCUT2D eigenvalue weighted by molar-refractivity contribution is 1.02. The first-order valence-electron chi connectivity index (χ1n) is 4.82. The summed E-state index contributed by atoms with van der Waals surface area (Å²) in [4.78, 5) is 0. The molecular formula is C12H23N. The van der Waals surface area contributed by atoms with E-state index in [4.69, 9.17) is 0 Å². The molecule has 76 valence electrons. The number of rotatable bonds is 0. The van der Waals surface area contributed by atoms with Crippen molar-refractivity contribution in [2.75, 3.05) is 14.1 Å². The van der Waals surface area contributed by atoms with Crippen LogP contribution in [-0.4, -0.2) is 14.1 Å². The summed E-state index contributed by atoms with van der Waals surface area (Å²) in [5, 5.41) is 2.75. The van der Waals surface area contributed by atoms with Gasteiger partial charge >= 0.3 is 0 Å². The number of aryl methyl sites for hydroxylation is 1. The topological polar surface area (TPSA) is 12.0 Å². The largest absolute Gasteiger partial charge is 0.323 e. The second kappa shape index (κ2) is 13.7. The highest BCUT2D eigenvalue weighted by molar-refractivity contribution is 5.11. The predicted octanol–water partition coefficient (Wildman–Crippen LogP) is 3.25. The van der Waals surface area contributed by atoms with Crippen LogP contribution in [0.1, 0.15) is 25.8 Å². The van der Waals surface area contributed by atoms with E-state index in [1.54, 1.807) is 0 Å². The van der Waals surface area contributed by atoms with Crippen LogP contribution in [0.4, 0.5) is 0 Å². The lowest BCUT2D eigenvalue weighted by Crippen LogP contribution is -1.89. The van der Waals surface area contributed by atoms with Crippen LogP contribution in [0, 0.1) is 6.92 Å². The van der Waals surface area contributed by atoms with Crippen LogP contribution in [0.25, 0.3) is 0 Å². The quantitative estimate of drug-likeness (QED) is 0.648. The second-order valence-corrected chi connectivity index (χ2v) is 2.86. The first-order chi connectivity index (χ1) is 6.22. The molecule has 1 heteroatoms. The fourth-order valence-electron chi connectivity index (χ4n) is 0.534. The summed E-state index contributed by atoms with van der Waals surface area (Å²) in [5.41, 5.74) is 1.32. The number of nitrogens with one attached hydrogen (secondary N) is 1. The first-order valence-corrected chi connectivity index (χ1v) is 4.82. The maximum Gasteiger partial charge on any atom is -0.0167 e. The summed E-state index contributed by atoms with van der Waals surface area (Å²) in [5.74, 6) is 0. The Labute approximate surface area is 83.2 Å². The van der Waals surface area contributed by atoms with E-state index in [9.17, 15) is 0 Å². The Balaban J connectivity index is 0. The Morgan fingerprint density at radius 3 is 1.46 bits per heavy atom. The zero-order valence-corrected chi connectivity index (χ0v) is 9.59. The summed E-state index contributed by atoms with van der Waals surface area (Å²) in [7, 11) is 3.75. The van der Waals surface area contributed by atoms with Crippen LogP contribution in [0.5, 0.6) is 0 Å². The van der Waals surface area contributed by atoms with Crippen molar-refractivity contribution in [1.29, 1.82) is 0 Å². The van der Waals surface area contributed by atoms with Gasteiger partial charge in [-0.2, -0.15) is 0 Å². The lowest BCUT2D eigenvalue weighted by Gasteiger charge is -1.82. The highest BCUT2D eigenvalue weighted by Gasteiger charge is 1.72. The van der Waals surface area contributed by atoms with Crippen LogP contribution in [-0.2, 0) is 0 Å². The third-order valence-corrected chi connectivity index (χ3v) is 0.940. The van der Waals surface area contributed by atoms with Crippen molar-refractivity contribution < 1.29 is 0 Å². The molecule has 13 heavy (non-hydrogen) atoms. The van der Waals surface area contributed by atoms with Crippen LogP contribution in [0.3, 0.4) is 0 Å². The molecule has 0 saturated carbocycles. The van der Waals surface area contributed by atoms with E-state index in [1.807, 2.05) is 32.3 Å². The minimum atomic E-state index is 1.25. The fourth-order valence-corrected chi connectivity index (χ4v) is 0.534. The number of hydrogen-bond acceptors (Lipinski definition) is 1. The zero-order chi connectivity index (χ0) is 10.5. The Morgan fingerprint density at radius 2 is 1.31 bits per heavy atom. The molecule has 1 rings (SSSR count). The van der Waals surface area contributed by atoms with Gasteiger partial charge in [-0.3, -0.25) is 0 Å². The minimum Gasteiger partial charge on any atom is -0.323 e. The molecule has 0 aliphatic heterocycles. The Bertz CT molecular complexity index is 156. The fraction of sp³-hybridized carbons (Fsp3) is 0.500. The smallest absolute Gasteiger partial charge is 0.0167 e. The average molecular weight is 181 g/mol. The molecule has 0 aliphatic rings. The SMILES string of the molecule is CCC.CNC.Cc1ccccc1. The van der Waals surface area contributed by atoms with Crippen molar-refractivity contribution in [3.05, 3.63) is 35.9 Å². The summed E-state index contributed by atoms with van der Waals surface area (Å²) in [6.07, 6.45) is 1.25. The Morgan fingerprint density at radius 1 is 1.00 bits per heavy atom. The van der Waals surface area contributed by atoms with Crippen molar-refractivity contribution in [2.45, 2.75) is 27.2 Å². The van der Waals surface area contributed by atoms with Gasteiger partial charge < -0.3 is 5.32 Å². The molecule has 0 heterocycles. The number of benzene rings is 1. The minimum absolute atomic E-state index is 1.25. The van der Waals surface area contributed by atoms with E-state index in [-0.39, 0.29) is 0 Å². The highest BCUT2D eigenvalue weighted by Crippen LogP contribution is 1.92. The third kappa shape index (κ3) is 18.3. The molecule has 0 aliphatic carbocycles. The molecule has 0 radical (unpaired) electrons. The molecule has 1 aromatic carbocycles. The van der Waals surface area contributed by atoms with Crippen molar-refractivity contribution in [1.82, 2.24) is 5.32 Å². The van der Waals surface area contributed by atoms with E-state index >= 15 is 0 Å². The Kier molecular flexibility index (Phi) is 15.5. The summed E-state index contributed by atoms with van der Waals surface area (Å²) in [6.45, 7) is 6.33. The third-order valence-electron chi connectivity index (χ3n) is 0.940. The maximum atomic E-state index is 2.75. The van der Waals surface area contributed by atoms with Gasteiger partial charge in [-0.15, -0.1) is 0 Å². The molecule has 0 aromatic heterocycles. The van der Waals surface area contributed by atoms with E-state index in [1.165, 1.54) is 12.0 Å². The molecule has 1 N–H and O–H groups in total. The van der Waals surface area contributed by atoms with Gasteiger partial charge in [0, 0.05) is 0 Å². The van der Waals surface area contributed by atoms with Crippen LogP contribution < -0.4 is 5.32 Å². The van der Waals surface area contributed by atoms with Crippen molar-refractivity contribution >= 4 is 0 Å². The van der Waals surface area contributed by atoms with Gasteiger partial charge in [0.1, 0.15) is 0 Å². The van der Waals surface area contributed by atoms with Crippen LogP contribution >= 0.6 is 0 Å². The average Bonchev–Trinajstić information content (AvgIpc) is 2.08. The van der Waals surface area contributed by atoms with Crippen molar-refractivity contribution in [3.63, 3.8) is 0 Å². The molecule has 0 unspecified atom stereocenters. The van der Waals surface area contributed by atoms with Gasteiger partial charge in [0.25, 0.3) is 0 Å². The summed E-state index contributed by atoms with van der Waals surface area (Å²) >= 11 is 0. The van der Waals surface area contributed by atoms with Gasteiger partial charge in [-0.1, -0.05) is 56.2 Å². The predicted molar refractivity (Wildman–Crippen MR) is 62.1 cm³/mol. The van der Waals surface area contributed by atoms with Crippen LogP contribution in [0.2, 0.25) is 0 Å². The Hall–Kier alpha value is -0.820. The lowest BCUT2D eigenvalue weighted by atomic mass is 10.2. The van der Waals surface area contributed by atoms with Crippen molar-refractivity contribution in [2.24, 2.45) is 0 Å². The van der Waals surface area contributed by atoms with E-state index < -0.39 is 0 Å². The van der Waals surface area contributed by atoms with Crippen LogP contribution in [0.15, 0.2) is 30.3 Å². The van der Waals surface area contributed by atoms with E-state index in [0.717, 1.165) is 0 Å². The molecule has 0 bridgehead atoms. The normalized spacial score (nSPS) is 7.46. The van der Waals surface area contributed by atoms with Gasteiger partial charge in [-0.25, -0.2) is 0 Å². The molecule has 1 nitrogen and oxygen atoms in total.